The summed E-state index contributed by atoms with van der Waals surface area (Å²) >= 11 is 0. The van der Waals surface area contributed by atoms with Crippen molar-refractivity contribution in [3.63, 3.8) is 0 Å². The standard InChI is InChI=1S/C73H60O17/c74-65(48-28-10-1-11-29-48)85-59-57(83-71(80)63(89-69(78)52-36-18-5-19-37-52)61(59)87-67(76)50-32-14-3-15-33-50)46-81-72-64(90-70(79)53-38-20-6-21-39-53)62(88-68(77)51-34-16-4-17-35-51)60(86-66(75)49-30-12-2-13-31-49)58(84-72)47-82-73(54-40-22-7-23-41-54,55-42-24-8-25-43-55)56-44-26-9-27-45-56/h1-45,57-64,71-72,80H,46-47H2/t57-,58-,59-,60-,61+,62+,63-,64-,71+,72-/m1/s1. The Morgan fingerprint density at radius 2 is 0.544 bits per heavy atom. The van der Waals surface area contributed by atoms with Crippen LogP contribution in [0.3, 0.4) is 0 Å². The van der Waals surface area contributed by atoms with Gasteiger partial charge in [0.2, 0.25) is 0 Å². The molecule has 90 heavy (non-hydrogen) atoms. The Kier molecular flexibility index (Phi) is 19.8. The fourth-order valence-corrected chi connectivity index (χ4v) is 10.7. The number of rotatable bonds is 21. The van der Waals surface area contributed by atoms with Crippen LogP contribution < -0.4 is 0 Å². The fourth-order valence-electron chi connectivity index (χ4n) is 10.7. The predicted octanol–water partition coefficient (Wildman–Crippen LogP) is 10.8. The Labute approximate surface area is 518 Å². The first kappa shape index (κ1) is 61.3. The van der Waals surface area contributed by atoms with Gasteiger partial charge in [-0.05, 0) is 89.5 Å². The zero-order valence-corrected chi connectivity index (χ0v) is 48.1. The number of ether oxygens (including phenoxy) is 10. The van der Waals surface area contributed by atoms with Gasteiger partial charge < -0.3 is 52.5 Å². The van der Waals surface area contributed by atoms with Gasteiger partial charge >= 0.3 is 35.8 Å². The molecule has 9 aromatic rings. The van der Waals surface area contributed by atoms with Crippen LogP contribution in [0.15, 0.2) is 273 Å². The van der Waals surface area contributed by atoms with E-state index in [1.807, 2.05) is 91.0 Å². The molecule has 0 amide bonds. The average Bonchev–Trinajstić information content (AvgIpc) is 0.822. The lowest BCUT2D eigenvalue weighted by Crippen LogP contribution is -2.65. The lowest BCUT2D eigenvalue weighted by atomic mass is 9.80. The van der Waals surface area contributed by atoms with E-state index in [0.29, 0.717) is 16.7 Å². The highest BCUT2D eigenvalue weighted by atomic mass is 16.7. The average molecular weight is 1210 g/mol. The molecule has 17 nitrogen and oxygen atoms in total. The maximum absolute atomic E-state index is 14.7. The van der Waals surface area contributed by atoms with Crippen molar-refractivity contribution in [3.05, 3.63) is 323 Å². The van der Waals surface area contributed by atoms with Gasteiger partial charge in [0.1, 0.15) is 17.8 Å². The highest BCUT2D eigenvalue weighted by molar-refractivity contribution is 5.93. The summed E-state index contributed by atoms with van der Waals surface area (Å²) in [5.74, 6) is -5.62. The molecule has 0 saturated carbocycles. The minimum Gasteiger partial charge on any atom is -0.452 e. The Balaban J connectivity index is 1.04. The Bertz CT molecular complexity index is 3720. The van der Waals surface area contributed by atoms with Gasteiger partial charge in [-0.15, -0.1) is 0 Å². The number of hydrogen-bond donors (Lipinski definition) is 1. The Morgan fingerprint density at radius 3 is 0.856 bits per heavy atom. The molecule has 9 aromatic carbocycles. The number of aliphatic hydroxyl groups excluding tert-OH is 1. The molecule has 0 spiro atoms. The molecule has 2 aliphatic heterocycles. The summed E-state index contributed by atoms with van der Waals surface area (Å²) in [5.41, 5.74) is 1.02. The number of aliphatic hydroxyl groups is 1. The van der Waals surface area contributed by atoms with E-state index in [0.717, 1.165) is 0 Å². The molecule has 17 heteroatoms. The predicted molar refractivity (Wildman–Crippen MR) is 325 cm³/mol. The third-order valence-corrected chi connectivity index (χ3v) is 15.1. The van der Waals surface area contributed by atoms with Gasteiger partial charge in [0, 0.05) is 0 Å². The summed E-state index contributed by atoms with van der Waals surface area (Å²) in [6.45, 7) is -1.26. The van der Waals surface area contributed by atoms with Gasteiger partial charge in [0.25, 0.3) is 0 Å². The second-order valence-electron chi connectivity index (χ2n) is 20.9. The van der Waals surface area contributed by atoms with Crippen molar-refractivity contribution >= 4 is 35.8 Å². The van der Waals surface area contributed by atoms with E-state index in [-0.39, 0.29) is 33.4 Å². The zero-order chi connectivity index (χ0) is 62.2. The lowest BCUT2D eigenvalue weighted by Gasteiger charge is -2.46. The molecule has 10 atom stereocenters. The maximum atomic E-state index is 14.7. The van der Waals surface area contributed by atoms with Crippen LogP contribution in [0.25, 0.3) is 0 Å². The molecule has 2 fully saturated rings. The Hall–Kier alpha value is -10.4. The van der Waals surface area contributed by atoms with E-state index in [9.17, 15) is 33.9 Å². The summed E-state index contributed by atoms with van der Waals surface area (Å²) in [4.78, 5) is 86.6. The third kappa shape index (κ3) is 14.3. The monoisotopic (exact) mass is 1210 g/mol. The molecule has 11 rings (SSSR count). The van der Waals surface area contributed by atoms with Gasteiger partial charge in [-0.2, -0.15) is 0 Å². The van der Waals surface area contributed by atoms with Crippen LogP contribution in [0, 0.1) is 0 Å². The molecule has 0 radical (unpaired) electrons. The van der Waals surface area contributed by atoms with Gasteiger partial charge in [-0.1, -0.05) is 200 Å². The van der Waals surface area contributed by atoms with E-state index >= 15 is 0 Å². The molecule has 0 aromatic heterocycles. The van der Waals surface area contributed by atoms with Crippen LogP contribution in [-0.2, 0) is 53.0 Å². The van der Waals surface area contributed by atoms with E-state index in [1.165, 1.54) is 72.8 Å². The number of carbonyl (C=O) groups is 6. The van der Waals surface area contributed by atoms with Crippen molar-refractivity contribution in [1.82, 2.24) is 0 Å². The molecule has 1 N–H and O–H groups in total. The molecular formula is C73H60O17. The summed E-state index contributed by atoms with van der Waals surface area (Å²) in [6.07, 6.45) is -18.0. The normalized spacial score (nSPS) is 21.3. The van der Waals surface area contributed by atoms with Crippen LogP contribution in [0.4, 0.5) is 0 Å². The summed E-state index contributed by atoms with van der Waals surface area (Å²) in [7, 11) is 0. The molecule has 0 unspecified atom stereocenters. The van der Waals surface area contributed by atoms with Gasteiger partial charge in [0.15, 0.2) is 49.2 Å². The molecule has 2 heterocycles. The van der Waals surface area contributed by atoms with Crippen LogP contribution >= 0.6 is 0 Å². The summed E-state index contributed by atoms with van der Waals surface area (Å²) < 4.78 is 65.1. The van der Waals surface area contributed by atoms with Crippen molar-refractivity contribution in [1.29, 1.82) is 0 Å². The first-order valence-electron chi connectivity index (χ1n) is 29.0. The topological polar surface area (TPSA) is 215 Å². The fraction of sp³-hybridized carbons (Fsp3) is 0.178. The largest absolute Gasteiger partial charge is 0.452 e. The van der Waals surface area contributed by atoms with E-state index in [1.54, 1.807) is 109 Å². The number of carbonyl (C=O) groups excluding carboxylic acids is 6. The van der Waals surface area contributed by atoms with Crippen molar-refractivity contribution in [2.45, 2.75) is 67.0 Å². The first-order valence-corrected chi connectivity index (χ1v) is 29.0. The first-order chi connectivity index (χ1) is 44.0. The number of esters is 6. The van der Waals surface area contributed by atoms with Crippen LogP contribution in [-0.4, -0.2) is 116 Å². The minimum atomic E-state index is -2.12. The van der Waals surface area contributed by atoms with Crippen LogP contribution in [0.1, 0.15) is 78.8 Å². The van der Waals surface area contributed by atoms with E-state index in [2.05, 4.69) is 0 Å². The SMILES string of the molecule is O=C(O[C@@H]1[C@@H](OC(=O)c2ccccc2)[C@@H](O)O[C@H](CO[C@@H]2O[C@H](COC(c3ccccc3)(c3ccccc3)c3ccccc3)[C@@H](OC(=O)c3ccccc3)[C@H](OC(=O)c3ccccc3)[C@H]2OC(=O)c2ccccc2)[C@H]1OC(=O)c1ccccc1)c1ccccc1. The number of benzene rings is 9. The molecule has 454 valence electrons. The van der Waals surface area contributed by atoms with Crippen molar-refractivity contribution < 1.29 is 81.2 Å². The lowest BCUT2D eigenvalue weighted by molar-refractivity contribution is -0.325. The molecule has 0 aliphatic carbocycles. The highest BCUT2D eigenvalue weighted by Gasteiger charge is 2.57. The summed E-state index contributed by atoms with van der Waals surface area (Å²) in [6, 6.07) is 75.6. The Morgan fingerprint density at radius 1 is 0.300 bits per heavy atom. The third-order valence-electron chi connectivity index (χ3n) is 15.1. The molecule has 2 aliphatic rings. The zero-order valence-electron chi connectivity index (χ0n) is 48.1. The van der Waals surface area contributed by atoms with E-state index < -0.39 is 116 Å². The van der Waals surface area contributed by atoms with Gasteiger partial charge in [-0.3, -0.25) is 0 Å². The van der Waals surface area contributed by atoms with Crippen LogP contribution in [0.2, 0.25) is 0 Å². The van der Waals surface area contributed by atoms with E-state index in [4.69, 9.17) is 47.4 Å². The van der Waals surface area contributed by atoms with Crippen molar-refractivity contribution in [3.8, 4) is 0 Å². The molecular weight excluding hydrogens is 1150 g/mol. The maximum Gasteiger partial charge on any atom is 0.338 e. The second-order valence-corrected chi connectivity index (χ2v) is 20.9. The highest BCUT2D eigenvalue weighted by Crippen LogP contribution is 2.42. The number of hydrogen-bond acceptors (Lipinski definition) is 17. The van der Waals surface area contributed by atoms with Crippen LogP contribution in [0.5, 0.6) is 0 Å². The molecule has 2 saturated heterocycles. The van der Waals surface area contributed by atoms with Gasteiger partial charge in [0.05, 0.1) is 46.6 Å². The smallest absolute Gasteiger partial charge is 0.338 e. The quantitative estimate of drug-likeness (QED) is 0.0402. The minimum absolute atomic E-state index is 0.0499. The second kappa shape index (κ2) is 29.1. The van der Waals surface area contributed by atoms with Gasteiger partial charge in [-0.25, -0.2) is 28.8 Å². The summed E-state index contributed by atoms with van der Waals surface area (Å²) in [5, 5.41) is 12.1. The molecule has 0 bridgehead atoms. The van der Waals surface area contributed by atoms with Crippen molar-refractivity contribution in [2.75, 3.05) is 13.2 Å². The van der Waals surface area contributed by atoms with Crippen molar-refractivity contribution in [2.24, 2.45) is 0 Å².